The number of carboxylic acids is 1. The summed E-state index contributed by atoms with van der Waals surface area (Å²) in [5.74, 6) is -2.01. The van der Waals surface area contributed by atoms with Crippen molar-refractivity contribution in [3.05, 3.63) is 0 Å². The van der Waals surface area contributed by atoms with Gasteiger partial charge in [-0.1, -0.05) is 0 Å². The van der Waals surface area contributed by atoms with E-state index in [4.69, 9.17) is 19.3 Å². The van der Waals surface area contributed by atoms with E-state index in [0.717, 1.165) is 0 Å². The molecule has 0 aromatic heterocycles. The summed E-state index contributed by atoms with van der Waals surface area (Å²) in [6, 6.07) is 0. The molecule has 30 heavy (non-hydrogen) atoms. The van der Waals surface area contributed by atoms with Crippen molar-refractivity contribution in [2.75, 3.05) is 13.2 Å². The zero-order valence-electron chi connectivity index (χ0n) is 17.4. The van der Waals surface area contributed by atoms with Gasteiger partial charge in [0.25, 0.3) is 0 Å². The molecule has 2 rings (SSSR count). The van der Waals surface area contributed by atoms with E-state index in [0.29, 0.717) is 0 Å². The van der Waals surface area contributed by atoms with Crippen LogP contribution in [0.25, 0.3) is 0 Å². The van der Waals surface area contributed by atoms with Crippen LogP contribution in [-0.2, 0) is 19.0 Å². The summed E-state index contributed by atoms with van der Waals surface area (Å²) >= 11 is 0. The van der Waals surface area contributed by atoms with Crippen LogP contribution in [0.3, 0.4) is 0 Å². The summed E-state index contributed by atoms with van der Waals surface area (Å²) in [6.45, 7) is 4.52. The summed E-state index contributed by atoms with van der Waals surface area (Å²) in [5, 5.41) is 69.5. The Bertz CT molecular complexity index is 571. The summed E-state index contributed by atoms with van der Waals surface area (Å²) < 4.78 is 16.6. The van der Waals surface area contributed by atoms with Gasteiger partial charge in [0.1, 0.15) is 18.3 Å². The Kier molecular flexibility index (Phi) is 8.22. The van der Waals surface area contributed by atoms with E-state index in [9.17, 15) is 35.4 Å². The van der Waals surface area contributed by atoms with E-state index >= 15 is 0 Å². The van der Waals surface area contributed by atoms with Gasteiger partial charge in [-0.25, -0.2) is 0 Å². The molecule has 2 aliphatic rings. The number of hydrogen-bond acceptors (Lipinski definition) is 10. The number of rotatable bonds is 8. The van der Waals surface area contributed by atoms with Gasteiger partial charge < -0.3 is 50.0 Å². The maximum Gasteiger partial charge on any atom is 0.303 e. The number of aliphatic hydroxyl groups is 6. The molecule has 0 radical (unpaired) electrons. The van der Waals surface area contributed by atoms with Crippen LogP contribution < -0.4 is 0 Å². The summed E-state index contributed by atoms with van der Waals surface area (Å²) in [6.07, 6.45) is -9.17. The Morgan fingerprint density at radius 3 is 2.17 bits per heavy atom. The van der Waals surface area contributed by atoms with E-state index in [-0.39, 0.29) is 26.1 Å². The monoisotopic (exact) mass is 438 g/mol. The highest BCUT2D eigenvalue weighted by Crippen LogP contribution is 2.35. The number of carboxylic acid groups (broad SMARTS) is 1. The average molecular weight is 438 g/mol. The van der Waals surface area contributed by atoms with Crippen LogP contribution in [0.1, 0.15) is 40.0 Å². The van der Waals surface area contributed by atoms with Crippen molar-refractivity contribution in [2.45, 2.75) is 94.1 Å². The van der Waals surface area contributed by atoms with Gasteiger partial charge >= 0.3 is 5.97 Å². The Hall–Kier alpha value is -0.890. The van der Waals surface area contributed by atoms with Crippen LogP contribution >= 0.6 is 0 Å². The smallest absolute Gasteiger partial charge is 0.303 e. The molecular formula is C19H34O11. The van der Waals surface area contributed by atoms with Crippen molar-refractivity contribution < 1.29 is 54.8 Å². The van der Waals surface area contributed by atoms with Crippen molar-refractivity contribution in [3.8, 4) is 0 Å². The Labute approximate surface area is 174 Å². The fraction of sp³-hybridized carbons (Fsp3) is 0.947. The highest BCUT2D eigenvalue weighted by Gasteiger charge is 2.46. The minimum atomic E-state index is -1.54. The highest BCUT2D eigenvalue weighted by atomic mass is 16.7. The molecule has 1 aliphatic carbocycles. The maximum absolute atomic E-state index is 10.9. The number of aliphatic hydroxyl groups excluding tert-OH is 5. The zero-order chi connectivity index (χ0) is 22.9. The fourth-order valence-corrected chi connectivity index (χ4v) is 3.96. The third-order valence-electron chi connectivity index (χ3n) is 5.64. The van der Waals surface area contributed by atoms with Crippen LogP contribution in [0.15, 0.2) is 0 Å². The van der Waals surface area contributed by atoms with Crippen LogP contribution in [0.2, 0.25) is 0 Å². The minimum absolute atomic E-state index is 0.0559. The molecule has 0 bridgehead atoms. The second-order valence-electron chi connectivity index (χ2n) is 9.08. The van der Waals surface area contributed by atoms with Crippen LogP contribution in [-0.4, -0.2) is 109 Å². The Balaban J connectivity index is 1.87. The van der Waals surface area contributed by atoms with E-state index in [1.807, 2.05) is 0 Å². The van der Waals surface area contributed by atoms with Crippen molar-refractivity contribution in [3.63, 3.8) is 0 Å². The van der Waals surface area contributed by atoms with Gasteiger partial charge in [-0.2, -0.15) is 0 Å². The largest absolute Gasteiger partial charge is 0.481 e. The zero-order valence-corrected chi connectivity index (χ0v) is 17.4. The maximum atomic E-state index is 10.9. The number of carbonyl (C=O) groups is 1. The molecule has 0 aromatic carbocycles. The molecule has 1 aliphatic heterocycles. The lowest BCUT2D eigenvalue weighted by Gasteiger charge is -2.43. The van der Waals surface area contributed by atoms with E-state index in [2.05, 4.69) is 0 Å². The standard InChI is InChI=1S/C19H34O11/c1-9-14(24)15(25)16(26)17(29-9)30-18(2,3)7-28-8-19(27)5-11(20)10(4-13(22)23)12(21)6-19/h9-12,14-17,20-21,24-27H,4-8H2,1-3H3,(H,22,23)/t9?,10?,11?,12?,14-,15?,16?,17+,19?/m1/s1. The molecule has 11 heteroatoms. The fourth-order valence-electron chi connectivity index (χ4n) is 3.96. The van der Waals surface area contributed by atoms with Crippen molar-refractivity contribution >= 4 is 5.97 Å². The van der Waals surface area contributed by atoms with Crippen LogP contribution in [0.5, 0.6) is 0 Å². The molecule has 7 atom stereocenters. The predicted octanol–water partition coefficient (Wildman–Crippen LogP) is -2.04. The molecule has 0 spiro atoms. The quantitative estimate of drug-likeness (QED) is 0.221. The van der Waals surface area contributed by atoms with Crippen molar-refractivity contribution in [2.24, 2.45) is 5.92 Å². The minimum Gasteiger partial charge on any atom is -0.481 e. The number of aliphatic carboxylic acids is 1. The second kappa shape index (κ2) is 9.72. The van der Waals surface area contributed by atoms with E-state index in [1.54, 1.807) is 13.8 Å². The molecule has 5 unspecified atom stereocenters. The number of hydrogen-bond donors (Lipinski definition) is 7. The van der Waals surface area contributed by atoms with Crippen molar-refractivity contribution in [1.82, 2.24) is 0 Å². The predicted molar refractivity (Wildman–Crippen MR) is 100 cm³/mol. The Morgan fingerprint density at radius 1 is 1.07 bits per heavy atom. The molecular weight excluding hydrogens is 404 g/mol. The third kappa shape index (κ3) is 6.31. The van der Waals surface area contributed by atoms with Crippen molar-refractivity contribution in [1.29, 1.82) is 0 Å². The van der Waals surface area contributed by atoms with Gasteiger partial charge in [0, 0.05) is 18.8 Å². The van der Waals surface area contributed by atoms with Crippen LogP contribution in [0.4, 0.5) is 0 Å². The van der Waals surface area contributed by atoms with E-state index in [1.165, 1.54) is 6.92 Å². The van der Waals surface area contributed by atoms with Gasteiger partial charge in [0.05, 0.1) is 49.1 Å². The SMILES string of the molecule is CC1O[C@@H](OC(C)(C)COCC2(O)CC(O)C(CC(=O)O)C(O)C2)C(O)C(O)[C@@H]1O. The molecule has 0 amide bonds. The average Bonchev–Trinajstić information content (AvgIpc) is 2.60. The molecule has 2 fully saturated rings. The first-order chi connectivity index (χ1) is 13.7. The van der Waals surface area contributed by atoms with E-state index < -0.39 is 72.4 Å². The topological polar surface area (TPSA) is 186 Å². The lowest BCUT2D eigenvalue weighted by atomic mass is 9.74. The van der Waals surface area contributed by atoms with Gasteiger partial charge in [0.15, 0.2) is 6.29 Å². The lowest BCUT2D eigenvalue weighted by molar-refractivity contribution is -0.321. The first-order valence-electron chi connectivity index (χ1n) is 10.0. The molecule has 11 nitrogen and oxygen atoms in total. The number of ether oxygens (including phenoxy) is 3. The summed E-state index contributed by atoms with van der Waals surface area (Å²) in [7, 11) is 0. The van der Waals surface area contributed by atoms with Gasteiger partial charge in [-0.3, -0.25) is 4.79 Å². The Morgan fingerprint density at radius 2 is 1.63 bits per heavy atom. The first kappa shape index (κ1) is 25.4. The lowest BCUT2D eigenvalue weighted by Crippen LogP contribution is -2.59. The summed E-state index contributed by atoms with van der Waals surface area (Å²) in [4.78, 5) is 10.9. The summed E-state index contributed by atoms with van der Waals surface area (Å²) in [5.41, 5.74) is -2.55. The molecule has 1 heterocycles. The normalized spacial score (nSPS) is 42.8. The molecule has 176 valence electrons. The van der Waals surface area contributed by atoms with Gasteiger partial charge in [-0.05, 0) is 20.8 Å². The molecule has 7 N–H and O–H groups in total. The first-order valence-corrected chi connectivity index (χ1v) is 10.0. The molecule has 1 saturated heterocycles. The molecule has 0 aromatic rings. The molecule has 1 saturated carbocycles. The van der Waals surface area contributed by atoms with Crippen LogP contribution in [0, 0.1) is 5.92 Å². The van der Waals surface area contributed by atoms with Gasteiger partial charge in [0.2, 0.25) is 0 Å². The van der Waals surface area contributed by atoms with Gasteiger partial charge in [-0.15, -0.1) is 0 Å². The second-order valence-corrected chi connectivity index (χ2v) is 9.08. The highest BCUT2D eigenvalue weighted by molar-refractivity contribution is 5.67. The third-order valence-corrected chi connectivity index (χ3v) is 5.64.